The van der Waals surface area contributed by atoms with Crippen molar-refractivity contribution in [1.82, 2.24) is 0 Å². The van der Waals surface area contributed by atoms with Crippen molar-refractivity contribution >= 4 is 11.9 Å². The summed E-state index contributed by atoms with van der Waals surface area (Å²) >= 11 is 0. The first kappa shape index (κ1) is 17.7. The molecule has 0 aromatic rings. The van der Waals surface area contributed by atoms with Gasteiger partial charge in [0.15, 0.2) is 0 Å². The Morgan fingerprint density at radius 2 is 1.94 bits per heavy atom. The normalized spacial score (nSPS) is 12.5. The number of ether oxygens (including phenoxy) is 1. The molecule has 0 rings (SSSR count). The van der Waals surface area contributed by atoms with Crippen molar-refractivity contribution in [2.75, 3.05) is 0 Å². The number of hydrogen-bond donors (Lipinski definition) is 3. The number of hydrogen-bond acceptors (Lipinski definition) is 5. The van der Waals surface area contributed by atoms with Gasteiger partial charge < -0.3 is 20.7 Å². The second-order valence-electron chi connectivity index (χ2n) is 3.07. The van der Waals surface area contributed by atoms with Crippen LogP contribution in [0.2, 0.25) is 0 Å². The Bertz CT molecular complexity index is 286. The maximum Gasteiger partial charge on any atom is 0.332 e. The van der Waals surface area contributed by atoms with Gasteiger partial charge in [0.05, 0.1) is 6.10 Å². The number of rotatable bonds is 5. The quantitative estimate of drug-likeness (QED) is 0.354. The number of primary amides is 1. The molecule has 98 valence electrons. The second kappa shape index (κ2) is 9.56. The Kier molecular flexibility index (Phi) is 9.97. The maximum atomic E-state index is 10.3. The lowest BCUT2D eigenvalue weighted by Gasteiger charge is -2.05. The number of carbonyl (C=O) groups is 2. The van der Waals surface area contributed by atoms with E-state index in [-0.39, 0.29) is 5.57 Å². The summed E-state index contributed by atoms with van der Waals surface area (Å²) in [6.07, 6.45) is -0.402. The highest BCUT2D eigenvalue weighted by Gasteiger charge is 2.05. The summed E-state index contributed by atoms with van der Waals surface area (Å²) in [6, 6.07) is 0. The molecule has 6 nitrogen and oxygen atoms in total. The van der Waals surface area contributed by atoms with E-state index in [0.717, 1.165) is 6.08 Å². The molecular weight excluding hydrogens is 226 g/mol. The third-order valence-electron chi connectivity index (χ3n) is 1.59. The van der Waals surface area contributed by atoms with Crippen molar-refractivity contribution < 1.29 is 24.5 Å². The predicted molar refractivity (Wildman–Crippen MR) is 62.6 cm³/mol. The van der Waals surface area contributed by atoms with E-state index in [1.807, 2.05) is 0 Å². The summed E-state index contributed by atoms with van der Waals surface area (Å²) in [5.74, 6) is -1.25. The molecule has 2 unspecified atom stereocenters. The van der Waals surface area contributed by atoms with Crippen LogP contribution >= 0.6 is 0 Å². The van der Waals surface area contributed by atoms with Gasteiger partial charge in [-0.3, -0.25) is 4.79 Å². The molecule has 0 spiro atoms. The molecule has 0 aromatic carbocycles. The highest BCUT2D eigenvalue weighted by molar-refractivity contribution is 5.92. The third-order valence-corrected chi connectivity index (χ3v) is 1.59. The van der Waals surface area contributed by atoms with Crippen molar-refractivity contribution in [2.24, 2.45) is 5.73 Å². The monoisotopic (exact) mass is 245 g/mol. The van der Waals surface area contributed by atoms with Gasteiger partial charge in [0.25, 0.3) is 0 Å². The molecule has 0 fully saturated rings. The van der Waals surface area contributed by atoms with Gasteiger partial charge in [-0.15, -0.1) is 0 Å². The van der Waals surface area contributed by atoms with Gasteiger partial charge in [-0.1, -0.05) is 20.1 Å². The van der Waals surface area contributed by atoms with Crippen molar-refractivity contribution in [3.63, 3.8) is 0 Å². The zero-order valence-electron chi connectivity index (χ0n) is 10.0. The minimum absolute atomic E-state index is 0.0463. The van der Waals surface area contributed by atoms with Gasteiger partial charge in [0.1, 0.15) is 0 Å². The Morgan fingerprint density at radius 3 is 2.12 bits per heavy atom. The van der Waals surface area contributed by atoms with Gasteiger partial charge in [0, 0.05) is 18.1 Å². The van der Waals surface area contributed by atoms with Crippen molar-refractivity contribution in [3.05, 3.63) is 24.8 Å². The lowest BCUT2D eigenvalue weighted by atomic mass is 10.2. The van der Waals surface area contributed by atoms with Crippen LogP contribution in [0.1, 0.15) is 20.3 Å². The number of carbonyl (C=O) groups excluding carboxylic acids is 2. The van der Waals surface area contributed by atoms with Crippen LogP contribution < -0.4 is 5.73 Å². The number of nitrogens with two attached hydrogens (primary N) is 1. The summed E-state index contributed by atoms with van der Waals surface area (Å²) in [6.45, 7) is 9.54. The zero-order valence-corrected chi connectivity index (χ0v) is 10.0. The Hall–Kier alpha value is -1.66. The van der Waals surface area contributed by atoms with Crippen LogP contribution in [0, 0.1) is 0 Å². The smallest absolute Gasteiger partial charge is 0.332 e. The highest BCUT2D eigenvalue weighted by atomic mass is 16.6. The predicted octanol–water partition coefficient (Wildman–Crippen LogP) is -0.147. The minimum atomic E-state index is -0.990. The molecule has 17 heavy (non-hydrogen) atoms. The number of esters is 1. The third kappa shape index (κ3) is 10.6. The molecule has 0 aliphatic rings. The summed E-state index contributed by atoms with van der Waals surface area (Å²) in [5.41, 5.74) is 4.78. The molecule has 6 heteroatoms. The SMILES string of the molecule is C=C(C(N)=O)C(C)O.C=CC(=O)OC(O)CC. The average molecular weight is 245 g/mol. The van der Waals surface area contributed by atoms with E-state index in [2.05, 4.69) is 17.9 Å². The fourth-order valence-electron chi connectivity index (χ4n) is 0.471. The van der Waals surface area contributed by atoms with Gasteiger partial charge >= 0.3 is 5.97 Å². The second-order valence-corrected chi connectivity index (χ2v) is 3.07. The molecule has 0 aromatic heterocycles. The van der Waals surface area contributed by atoms with Crippen molar-refractivity contribution in [1.29, 1.82) is 0 Å². The first-order valence-electron chi connectivity index (χ1n) is 4.94. The average Bonchev–Trinajstić information content (AvgIpc) is 2.28. The van der Waals surface area contributed by atoms with Crippen LogP contribution in [-0.2, 0) is 14.3 Å². The van der Waals surface area contributed by atoms with Crippen LogP contribution in [0.5, 0.6) is 0 Å². The standard InChI is InChI=1S/C6H10O3.C5H9NO2/c1-3-5(7)9-6(8)4-2;1-3(4(2)7)5(6)8/h3,6,8H,1,4H2,2H3;4,7H,1H2,2H3,(H2,6,8). The van der Waals surface area contributed by atoms with Gasteiger partial charge in [-0.2, -0.15) is 0 Å². The zero-order chi connectivity index (χ0) is 14.0. The number of aliphatic hydroxyl groups excluding tert-OH is 2. The maximum absolute atomic E-state index is 10.3. The van der Waals surface area contributed by atoms with E-state index in [1.165, 1.54) is 6.92 Å². The molecule has 0 radical (unpaired) electrons. The molecule has 4 N–H and O–H groups in total. The molecule has 0 heterocycles. The topological polar surface area (TPSA) is 110 Å². The first-order valence-corrected chi connectivity index (χ1v) is 4.94. The lowest BCUT2D eigenvalue weighted by Crippen LogP contribution is -2.20. The Balaban J connectivity index is 0. The summed E-state index contributed by atoms with van der Waals surface area (Å²) < 4.78 is 4.35. The summed E-state index contributed by atoms with van der Waals surface area (Å²) in [5, 5.41) is 17.3. The molecule has 2 atom stereocenters. The fraction of sp³-hybridized carbons (Fsp3) is 0.455. The summed E-state index contributed by atoms with van der Waals surface area (Å²) in [4.78, 5) is 20.4. The van der Waals surface area contributed by atoms with Crippen LogP contribution in [0.25, 0.3) is 0 Å². The van der Waals surface area contributed by atoms with Crippen LogP contribution in [-0.4, -0.2) is 34.5 Å². The van der Waals surface area contributed by atoms with E-state index >= 15 is 0 Å². The molecular formula is C11H19NO5. The summed E-state index contributed by atoms with van der Waals surface area (Å²) in [7, 11) is 0. The fourth-order valence-corrected chi connectivity index (χ4v) is 0.471. The minimum Gasteiger partial charge on any atom is -0.433 e. The largest absolute Gasteiger partial charge is 0.433 e. The Morgan fingerprint density at radius 1 is 1.47 bits per heavy atom. The first-order chi connectivity index (χ1) is 7.76. The molecule has 0 aliphatic heterocycles. The van der Waals surface area contributed by atoms with E-state index in [0.29, 0.717) is 6.42 Å². The van der Waals surface area contributed by atoms with Gasteiger partial charge in [-0.25, -0.2) is 4.79 Å². The molecule has 0 bridgehead atoms. The van der Waals surface area contributed by atoms with Crippen LogP contribution in [0.4, 0.5) is 0 Å². The molecule has 0 saturated carbocycles. The van der Waals surface area contributed by atoms with E-state index in [9.17, 15) is 9.59 Å². The van der Waals surface area contributed by atoms with Crippen LogP contribution in [0.15, 0.2) is 24.8 Å². The number of aliphatic hydroxyl groups is 2. The van der Waals surface area contributed by atoms with Crippen LogP contribution in [0.3, 0.4) is 0 Å². The van der Waals surface area contributed by atoms with E-state index in [4.69, 9.17) is 15.9 Å². The van der Waals surface area contributed by atoms with Crippen molar-refractivity contribution in [3.8, 4) is 0 Å². The molecule has 0 saturated heterocycles. The van der Waals surface area contributed by atoms with E-state index < -0.39 is 24.3 Å². The highest BCUT2D eigenvalue weighted by Crippen LogP contribution is 1.94. The molecule has 1 amide bonds. The van der Waals surface area contributed by atoms with Gasteiger partial charge in [-0.05, 0) is 6.92 Å². The lowest BCUT2D eigenvalue weighted by molar-refractivity contribution is -0.161. The van der Waals surface area contributed by atoms with Gasteiger partial charge in [0.2, 0.25) is 12.2 Å². The number of amides is 1. The van der Waals surface area contributed by atoms with E-state index in [1.54, 1.807) is 6.92 Å². The molecule has 0 aliphatic carbocycles. The Labute approximate surface area is 100 Å². The van der Waals surface area contributed by atoms with Crippen molar-refractivity contribution in [2.45, 2.75) is 32.7 Å².